The monoisotopic (exact) mass is 590 g/mol. The van der Waals surface area contributed by atoms with Crippen molar-refractivity contribution < 1.29 is 0 Å². The fourth-order valence-electron chi connectivity index (χ4n) is 6.82. The molecule has 0 unspecified atom stereocenters. The van der Waals surface area contributed by atoms with E-state index in [4.69, 9.17) is 0 Å². The van der Waals surface area contributed by atoms with Crippen LogP contribution in [0.2, 0.25) is 0 Å². The number of rotatable bonds is 6. The molecule has 0 N–H and O–H groups in total. The van der Waals surface area contributed by atoms with Crippen LogP contribution in [0.3, 0.4) is 0 Å². The summed E-state index contributed by atoms with van der Waals surface area (Å²) in [6.45, 7) is 4.33. The quantitative estimate of drug-likeness (QED) is 0.140. The average Bonchev–Trinajstić information content (AvgIpc) is 3.09. The fourth-order valence-corrected chi connectivity index (χ4v) is 6.82. The van der Waals surface area contributed by atoms with Crippen molar-refractivity contribution in [1.29, 1.82) is 0 Å². The lowest BCUT2D eigenvalue weighted by atomic mass is 9.94. The average molecular weight is 591 g/mol. The van der Waals surface area contributed by atoms with Crippen molar-refractivity contribution in [3.8, 4) is 0 Å². The first-order chi connectivity index (χ1) is 22.7. The summed E-state index contributed by atoms with van der Waals surface area (Å²) in [4.78, 5) is 4.84. The van der Waals surface area contributed by atoms with Crippen LogP contribution in [0.25, 0.3) is 32.3 Å². The molecule has 0 spiro atoms. The van der Waals surface area contributed by atoms with E-state index in [0.29, 0.717) is 0 Å². The van der Waals surface area contributed by atoms with E-state index in [0.717, 1.165) is 28.4 Å². The standard InChI is InChI=1S/C44H34N2/c1-31-14-11-21-36(28-31)45(34-17-5-3-6-18-34)43-25-13-24-39-42(43)30-41-38-23-10-9-16-33(38)26-27-40(41)44(39)46(35-19-7-4-8-20-35)37-22-12-15-32(2)29-37/h3-30H,1-2H3. The lowest BCUT2D eigenvalue weighted by molar-refractivity contribution is 1.28. The van der Waals surface area contributed by atoms with Gasteiger partial charge < -0.3 is 9.80 Å². The summed E-state index contributed by atoms with van der Waals surface area (Å²) in [5.74, 6) is 0. The SMILES string of the molecule is Cc1cccc(N(c2ccccc2)c2cccc3c(N(c4ccccc4)c4cccc(C)c4)c4ccc5ccccc5c4cc23)c1. The molecule has 0 aromatic heterocycles. The smallest absolute Gasteiger partial charge is 0.0619 e. The predicted molar refractivity (Wildman–Crippen MR) is 198 cm³/mol. The molecule has 220 valence electrons. The normalized spacial score (nSPS) is 11.3. The highest BCUT2D eigenvalue weighted by molar-refractivity contribution is 6.23. The van der Waals surface area contributed by atoms with Crippen LogP contribution in [-0.4, -0.2) is 0 Å². The minimum atomic E-state index is 1.12. The maximum absolute atomic E-state index is 2.44. The first-order valence-electron chi connectivity index (χ1n) is 15.9. The minimum absolute atomic E-state index is 1.12. The molecule has 0 saturated heterocycles. The molecule has 2 nitrogen and oxygen atoms in total. The highest BCUT2D eigenvalue weighted by atomic mass is 15.2. The van der Waals surface area contributed by atoms with Gasteiger partial charge in [0.2, 0.25) is 0 Å². The third-order valence-corrected chi connectivity index (χ3v) is 8.87. The molecular weight excluding hydrogens is 556 g/mol. The largest absolute Gasteiger partial charge is 0.310 e. The zero-order valence-corrected chi connectivity index (χ0v) is 26.1. The lowest BCUT2D eigenvalue weighted by Gasteiger charge is -2.31. The molecule has 0 fully saturated rings. The second-order valence-electron chi connectivity index (χ2n) is 12.0. The fraction of sp³-hybridized carbons (Fsp3) is 0.0455. The summed E-state index contributed by atoms with van der Waals surface area (Å²) in [5, 5.41) is 7.32. The van der Waals surface area contributed by atoms with E-state index >= 15 is 0 Å². The van der Waals surface area contributed by atoms with Crippen LogP contribution in [0, 0.1) is 13.8 Å². The number of para-hydroxylation sites is 2. The number of anilines is 6. The number of hydrogen-bond acceptors (Lipinski definition) is 2. The molecule has 0 aliphatic heterocycles. The van der Waals surface area contributed by atoms with Gasteiger partial charge in [0.05, 0.1) is 11.4 Å². The van der Waals surface area contributed by atoms with E-state index < -0.39 is 0 Å². The van der Waals surface area contributed by atoms with Crippen molar-refractivity contribution in [2.45, 2.75) is 13.8 Å². The van der Waals surface area contributed by atoms with E-state index in [1.165, 1.54) is 49.1 Å². The molecule has 0 aliphatic rings. The summed E-state index contributed by atoms with van der Waals surface area (Å²) in [6.07, 6.45) is 0. The number of fused-ring (bicyclic) bond motifs is 4. The van der Waals surface area contributed by atoms with Gasteiger partial charge in [-0.3, -0.25) is 0 Å². The van der Waals surface area contributed by atoms with Crippen LogP contribution in [0.5, 0.6) is 0 Å². The highest BCUT2D eigenvalue weighted by Crippen LogP contribution is 2.48. The van der Waals surface area contributed by atoms with Gasteiger partial charge in [0.15, 0.2) is 0 Å². The zero-order chi connectivity index (χ0) is 31.0. The lowest BCUT2D eigenvalue weighted by Crippen LogP contribution is -2.13. The van der Waals surface area contributed by atoms with Crippen LogP contribution >= 0.6 is 0 Å². The Morgan fingerprint density at radius 1 is 0.326 bits per heavy atom. The van der Waals surface area contributed by atoms with E-state index in [9.17, 15) is 0 Å². The number of benzene rings is 8. The van der Waals surface area contributed by atoms with Crippen molar-refractivity contribution in [1.82, 2.24) is 0 Å². The topological polar surface area (TPSA) is 6.48 Å². The van der Waals surface area contributed by atoms with Crippen LogP contribution in [0.1, 0.15) is 11.1 Å². The molecule has 46 heavy (non-hydrogen) atoms. The van der Waals surface area contributed by atoms with Crippen molar-refractivity contribution in [2.24, 2.45) is 0 Å². The third kappa shape index (κ3) is 4.85. The Balaban J connectivity index is 1.54. The second-order valence-corrected chi connectivity index (χ2v) is 12.0. The molecule has 0 amide bonds. The van der Waals surface area contributed by atoms with E-state index in [1.807, 2.05) is 0 Å². The molecule has 0 atom stereocenters. The maximum atomic E-state index is 2.44. The first kappa shape index (κ1) is 27.7. The van der Waals surface area contributed by atoms with Crippen LogP contribution < -0.4 is 9.80 Å². The molecule has 2 heteroatoms. The number of hydrogen-bond donors (Lipinski definition) is 0. The van der Waals surface area contributed by atoms with Gasteiger partial charge in [-0.25, -0.2) is 0 Å². The van der Waals surface area contributed by atoms with Gasteiger partial charge in [0.25, 0.3) is 0 Å². The Morgan fingerprint density at radius 2 is 0.848 bits per heavy atom. The van der Waals surface area contributed by atoms with Crippen molar-refractivity contribution in [3.05, 3.63) is 181 Å². The van der Waals surface area contributed by atoms with E-state index in [-0.39, 0.29) is 0 Å². The van der Waals surface area contributed by atoms with E-state index in [2.05, 4.69) is 194 Å². The third-order valence-electron chi connectivity index (χ3n) is 8.87. The minimum Gasteiger partial charge on any atom is -0.310 e. The maximum Gasteiger partial charge on any atom is 0.0619 e. The van der Waals surface area contributed by atoms with Gasteiger partial charge in [-0.2, -0.15) is 0 Å². The Morgan fingerprint density at radius 3 is 1.52 bits per heavy atom. The molecule has 8 aromatic carbocycles. The summed E-state index contributed by atoms with van der Waals surface area (Å²) in [7, 11) is 0. The second kappa shape index (κ2) is 11.6. The summed E-state index contributed by atoms with van der Waals surface area (Å²) >= 11 is 0. The van der Waals surface area contributed by atoms with Crippen molar-refractivity contribution >= 4 is 66.4 Å². The highest BCUT2D eigenvalue weighted by Gasteiger charge is 2.23. The molecule has 8 rings (SSSR count). The Labute approximate surface area is 270 Å². The molecular formula is C44H34N2. The Kier molecular flexibility index (Phi) is 6.96. The van der Waals surface area contributed by atoms with Crippen LogP contribution in [0.4, 0.5) is 34.1 Å². The molecule has 0 heterocycles. The van der Waals surface area contributed by atoms with Gasteiger partial charge in [-0.15, -0.1) is 0 Å². The summed E-state index contributed by atoms with van der Waals surface area (Å²) in [5.41, 5.74) is 9.29. The van der Waals surface area contributed by atoms with Gasteiger partial charge in [-0.05, 0) is 102 Å². The molecule has 0 radical (unpaired) electrons. The number of aryl methyl sites for hydroxylation is 2. The van der Waals surface area contributed by atoms with Crippen molar-refractivity contribution in [3.63, 3.8) is 0 Å². The summed E-state index contributed by atoms with van der Waals surface area (Å²) in [6, 6.07) is 61.6. The Hall–Kier alpha value is -5.86. The first-order valence-corrected chi connectivity index (χ1v) is 15.9. The van der Waals surface area contributed by atoms with Gasteiger partial charge in [0, 0.05) is 38.9 Å². The van der Waals surface area contributed by atoms with Crippen molar-refractivity contribution in [2.75, 3.05) is 9.80 Å². The van der Waals surface area contributed by atoms with Gasteiger partial charge >= 0.3 is 0 Å². The number of nitrogens with zero attached hydrogens (tertiary/aromatic N) is 2. The van der Waals surface area contributed by atoms with Gasteiger partial charge in [-0.1, -0.05) is 109 Å². The predicted octanol–water partition coefficient (Wildman–Crippen LogP) is 12.7. The van der Waals surface area contributed by atoms with Gasteiger partial charge in [0.1, 0.15) is 0 Å². The molecule has 0 saturated carbocycles. The van der Waals surface area contributed by atoms with Crippen LogP contribution in [0.15, 0.2) is 170 Å². The van der Waals surface area contributed by atoms with Crippen LogP contribution in [-0.2, 0) is 0 Å². The molecule has 8 aromatic rings. The molecule has 0 bridgehead atoms. The molecule has 0 aliphatic carbocycles. The van der Waals surface area contributed by atoms with E-state index in [1.54, 1.807) is 0 Å². The Bertz CT molecular complexity index is 2340. The summed E-state index contributed by atoms with van der Waals surface area (Å²) < 4.78 is 0. The zero-order valence-electron chi connectivity index (χ0n) is 26.1.